The lowest BCUT2D eigenvalue weighted by atomic mass is 9.76. The van der Waals surface area contributed by atoms with Crippen LogP contribution >= 0.6 is 0 Å². The molecule has 0 saturated heterocycles. The Labute approximate surface area is 90.2 Å². The topological polar surface area (TPSA) is 54.4 Å². The third kappa shape index (κ3) is 3.18. The zero-order valence-electron chi connectivity index (χ0n) is 9.16. The van der Waals surface area contributed by atoms with E-state index in [9.17, 15) is 9.59 Å². The molecule has 0 heterocycles. The van der Waals surface area contributed by atoms with Gasteiger partial charge in [0.2, 0.25) is 0 Å². The molecule has 1 saturated carbocycles. The van der Waals surface area contributed by atoms with Gasteiger partial charge in [0, 0.05) is 12.3 Å². The van der Waals surface area contributed by atoms with Crippen LogP contribution in [0.25, 0.3) is 0 Å². The van der Waals surface area contributed by atoms with Gasteiger partial charge >= 0.3 is 5.97 Å². The molecule has 3 nitrogen and oxygen atoms in total. The third-order valence-electron chi connectivity index (χ3n) is 2.97. The van der Waals surface area contributed by atoms with E-state index in [0.29, 0.717) is 12.8 Å². The van der Waals surface area contributed by atoms with Crippen LogP contribution < -0.4 is 0 Å². The van der Waals surface area contributed by atoms with E-state index >= 15 is 0 Å². The quantitative estimate of drug-likeness (QED) is 0.725. The van der Waals surface area contributed by atoms with Crippen LogP contribution in [0.5, 0.6) is 0 Å². The van der Waals surface area contributed by atoms with E-state index < -0.39 is 11.9 Å². The molecule has 0 radical (unpaired) electrons. The average molecular weight is 210 g/mol. The maximum absolute atomic E-state index is 11.8. The first-order chi connectivity index (χ1) is 7.02. The summed E-state index contributed by atoms with van der Waals surface area (Å²) in [7, 11) is 0. The second-order valence-corrected chi connectivity index (χ2v) is 4.44. The minimum absolute atomic E-state index is 0.0506. The van der Waals surface area contributed by atoms with E-state index in [0.717, 1.165) is 24.8 Å². The van der Waals surface area contributed by atoms with Crippen molar-refractivity contribution in [1.82, 2.24) is 0 Å². The van der Waals surface area contributed by atoms with E-state index in [2.05, 4.69) is 6.58 Å². The lowest BCUT2D eigenvalue weighted by molar-refractivity contribution is -0.148. The second-order valence-electron chi connectivity index (χ2n) is 4.44. The predicted octanol–water partition coefficient (Wildman–Crippen LogP) is 2.41. The van der Waals surface area contributed by atoms with Gasteiger partial charge in [0.1, 0.15) is 5.78 Å². The van der Waals surface area contributed by atoms with Crippen LogP contribution in [0.3, 0.4) is 0 Å². The Morgan fingerprint density at radius 3 is 2.27 bits per heavy atom. The fourth-order valence-electron chi connectivity index (χ4n) is 2.24. The van der Waals surface area contributed by atoms with Crippen LogP contribution in [0.4, 0.5) is 0 Å². The van der Waals surface area contributed by atoms with Crippen molar-refractivity contribution in [2.75, 3.05) is 0 Å². The molecule has 0 bridgehead atoms. The maximum Gasteiger partial charge on any atom is 0.307 e. The second kappa shape index (κ2) is 5.10. The van der Waals surface area contributed by atoms with Crippen LogP contribution in [-0.2, 0) is 9.59 Å². The predicted molar refractivity (Wildman–Crippen MR) is 57.5 cm³/mol. The molecule has 0 aliphatic heterocycles. The van der Waals surface area contributed by atoms with Gasteiger partial charge in [-0.15, -0.1) is 0 Å². The number of hydrogen-bond donors (Lipinski definition) is 1. The Morgan fingerprint density at radius 1 is 1.27 bits per heavy atom. The van der Waals surface area contributed by atoms with Crippen LogP contribution in [0.15, 0.2) is 12.2 Å². The largest absolute Gasteiger partial charge is 0.481 e. The number of carbonyl (C=O) groups is 2. The van der Waals surface area contributed by atoms with Crippen molar-refractivity contribution in [3.8, 4) is 0 Å². The molecule has 15 heavy (non-hydrogen) atoms. The van der Waals surface area contributed by atoms with E-state index in [-0.39, 0.29) is 11.7 Å². The van der Waals surface area contributed by atoms with E-state index in [1.807, 2.05) is 0 Å². The zero-order valence-corrected chi connectivity index (χ0v) is 9.16. The number of carboxylic acid groups (broad SMARTS) is 1. The molecule has 0 unspecified atom stereocenters. The first-order valence-corrected chi connectivity index (χ1v) is 5.42. The number of rotatable bonds is 4. The molecule has 84 valence electrons. The zero-order chi connectivity index (χ0) is 11.4. The Hall–Kier alpha value is -1.12. The lowest BCUT2D eigenvalue weighted by Gasteiger charge is -2.27. The smallest absolute Gasteiger partial charge is 0.307 e. The minimum Gasteiger partial charge on any atom is -0.481 e. The third-order valence-corrected chi connectivity index (χ3v) is 2.97. The molecule has 0 spiro atoms. The van der Waals surface area contributed by atoms with E-state index in [1.54, 1.807) is 6.92 Å². The summed E-state index contributed by atoms with van der Waals surface area (Å²) in [5.74, 6) is -1.53. The minimum atomic E-state index is -0.824. The highest BCUT2D eigenvalue weighted by molar-refractivity contribution is 5.87. The summed E-state index contributed by atoms with van der Waals surface area (Å²) in [4.78, 5) is 22.8. The molecule has 0 aromatic heterocycles. The molecular formula is C12H18O3. The number of Topliss-reactive ketones (excluding diaryl/α,β-unsaturated/α-hetero) is 1. The van der Waals surface area contributed by atoms with Crippen molar-refractivity contribution < 1.29 is 14.7 Å². The standard InChI is InChI=1S/C12H18O3/c1-8(2)7-11(13)9-5-3-4-6-10(9)12(14)15/h9-10H,1,3-7H2,2H3,(H,14,15)/t9-,10+/m1/s1. The van der Waals surface area contributed by atoms with Gasteiger partial charge in [-0.3, -0.25) is 9.59 Å². The van der Waals surface area contributed by atoms with E-state index in [4.69, 9.17) is 5.11 Å². The number of carboxylic acids is 1. The summed E-state index contributed by atoms with van der Waals surface area (Å²) in [6, 6.07) is 0. The molecule has 0 amide bonds. The van der Waals surface area contributed by atoms with Crippen LogP contribution in [0.2, 0.25) is 0 Å². The van der Waals surface area contributed by atoms with Crippen molar-refractivity contribution >= 4 is 11.8 Å². The monoisotopic (exact) mass is 210 g/mol. The average Bonchev–Trinajstić information content (AvgIpc) is 2.16. The molecule has 1 fully saturated rings. The Balaban J connectivity index is 2.67. The van der Waals surface area contributed by atoms with Gasteiger partial charge < -0.3 is 5.11 Å². The van der Waals surface area contributed by atoms with Crippen LogP contribution in [0.1, 0.15) is 39.0 Å². The number of carbonyl (C=O) groups excluding carboxylic acids is 1. The van der Waals surface area contributed by atoms with Gasteiger partial charge in [0.05, 0.1) is 5.92 Å². The van der Waals surface area contributed by atoms with Crippen molar-refractivity contribution in [2.45, 2.75) is 39.0 Å². The summed E-state index contributed by atoms with van der Waals surface area (Å²) < 4.78 is 0. The van der Waals surface area contributed by atoms with Crippen molar-refractivity contribution in [1.29, 1.82) is 0 Å². The highest BCUT2D eigenvalue weighted by Gasteiger charge is 2.34. The van der Waals surface area contributed by atoms with Crippen molar-refractivity contribution in [2.24, 2.45) is 11.8 Å². The van der Waals surface area contributed by atoms with Gasteiger partial charge in [-0.1, -0.05) is 25.0 Å². The number of aliphatic carboxylic acids is 1. The van der Waals surface area contributed by atoms with Gasteiger partial charge in [0.15, 0.2) is 0 Å². The van der Waals surface area contributed by atoms with E-state index in [1.165, 1.54) is 0 Å². The first kappa shape index (κ1) is 12.0. The Kier molecular flexibility index (Phi) is 4.06. The Morgan fingerprint density at radius 2 is 1.80 bits per heavy atom. The molecule has 0 aromatic carbocycles. The highest BCUT2D eigenvalue weighted by atomic mass is 16.4. The molecular weight excluding hydrogens is 192 g/mol. The van der Waals surface area contributed by atoms with Gasteiger partial charge in [-0.25, -0.2) is 0 Å². The lowest BCUT2D eigenvalue weighted by Crippen LogP contribution is -2.32. The Bertz CT molecular complexity index is 281. The fraction of sp³-hybridized carbons (Fsp3) is 0.667. The van der Waals surface area contributed by atoms with Crippen LogP contribution in [0, 0.1) is 11.8 Å². The molecule has 1 N–H and O–H groups in total. The molecule has 3 heteroatoms. The molecule has 1 rings (SSSR count). The number of allylic oxidation sites excluding steroid dienone is 1. The SMILES string of the molecule is C=C(C)CC(=O)[C@@H]1CCCC[C@@H]1C(=O)O. The fourth-order valence-corrected chi connectivity index (χ4v) is 2.24. The summed E-state index contributed by atoms with van der Waals surface area (Å²) in [6.07, 6.45) is 3.59. The highest BCUT2D eigenvalue weighted by Crippen LogP contribution is 2.32. The summed E-state index contributed by atoms with van der Waals surface area (Å²) in [6.45, 7) is 5.49. The van der Waals surface area contributed by atoms with Gasteiger partial charge in [-0.05, 0) is 19.8 Å². The van der Waals surface area contributed by atoms with Crippen molar-refractivity contribution in [3.63, 3.8) is 0 Å². The van der Waals surface area contributed by atoms with Crippen molar-refractivity contribution in [3.05, 3.63) is 12.2 Å². The van der Waals surface area contributed by atoms with Crippen LogP contribution in [-0.4, -0.2) is 16.9 Å². The number of ketones is 1. The molecule has 1 aliphatic rings. The first-order valence-electron chi connectivity index (χ1n) is 5.42. The summed E-state index contributed by atoms with van der Waals surface area (Å²) >= 11 is 0. The normalized spacial score (nSPS) is 25.9. The maximum atomic E-state index is 11.8. The van der Waals surface area contributed by atoms with Gasteiger partial charge in [0.25, 0.3) is 0 Å². The summed E-state index contributed by atoms with van der Waals surface area (Å²) in [5.41, 5.74) is 0.815. The molecule has 2 atom stereocenters. The molecule has 0 aromatic rings. The number of hydrogen-bond acceptors (Lipinski definition) is 2. The van der Waals surface area contributed by atoms with Gasteiger partial charge in [-0.2, -0.15) is 0 Å². The summed E-state index contributed by atoms with van der Waals surface area (Å²) in [5, 5.41) is 9.02. The molecule has 1 aliphatic carbocycles.